The largest absolute Gasteiger partial charge is 0.507 e. The number of aliphatic carboxylic acids is 2. The number of aryl methyl sites for hydroxylation is 2. The number of carbonyl (C=O) groups is 2. The summed E-state index contributed by atoms with van der Waals surface area (Å²) in [5.41, 5.74) is 4.40. The van der Waals surface area contributed by atoms with Gasteiger partial charge in [-0.1, -0.05) is 65.8 Å². The van der Waals surface area contributed by atoms with Crippen molar-refractivity contribution in [3.05, 3.63) is 57.6 Å². The first-order valence-electron chi connectivity index (χ1n) is 13.6. The summed E-state index contributed by atoms with van der Waals surface area (Å²) in [7, 11) is 0. The van der Waals surface area contributed by atoms with E-state index in [-0.39, 0.29) is 22.3 Å². The SMILES string of the molecule is Cc1cc(CC(CCSCCC(Cc2cc(C)c(O)c(C(C)(C)C)c2)C(=O)O)C(=O)O)cc(C(C)(C)C)c1O. The number of carboxylic acids is 2. The lowest BCUT2D eigenvalue weighted by Crippen LogP contribution is -2.20. The summed E-state index contributed by atoms with van der Waals surface area (Å²) in [4.78, 5) is 24.0. The number of aromatic hydroxyl groups is 2. The Kier molecular flexibility index (Phi) is 10.9. The summed E-state index contributed by atoms with van der Waals surface area (Å²) in [5, 5.41) is 40.6. The number of thioether (sulfide) groups is 1. The molecule has 0 spiro atoms. The van der Waals surface area contributed by atoms with E-state index >= 15 is 0 Å². The van der Waals surface area contributed by atoms with Crippen molar-refractivity contribution in [2.75, 3.05) is 11.5 Å². The van der Waals surface area contributed by atoms with Gasteiger partial charge in [0.2, 0.25) is 0 Å². The van der Waals surface area contributed by atoms with Gasteiger partial charge in [-0.25, -0.2) is 0 Å². The van der Waals surface area contributed by atoms with E-state index < -0.39 is 23.8 Å². The second-order valence-electron chi connectivity index (χ2n) is 12.8. The van der Waals surface area contributed by atoms with Crippen molar-refractivity contribution in [1.82, 2.24) is 0 Å². The summed E-state index contributed by atoms with van der Waals surface area (Å²) in [6, 6.07) is 7.56. The minimum atomic E-state index is -0.848. The molecule has 0 aliphatic rings. The standard InChI is InChI=1S/C32H46O6S/c1-19-13-21(17-25(27(19)33)31(3,4)5)15-23(29(35)36)9-11-39-12-10-24(30(37)38)16-22-14-20(2)28(34)26(18-22)32(6,7)8/h13-14,17-18,23-24,33-34H,9-12,15-16H2,1-8H3,(H,35,36)(H,37,38). The van der Waals surface area contributed by atoms with Crippen LogP contribution in [0, 0.1) is 25.7 Å². The number of phenols is 2. The molecule has 0 aliphatic heterocycles. The molecule has 2 atom stereocenters. The second-order valence-corrected chi connectivity index (χ2v) is 14.0. The highest BCUT2D eigenvalue weighted by atomic mass is 32.2. The molecule has 2 aromatic rings. The fourth-order valence-electron chi connectivity index (χ4n) is 4.84. The summed E-state index contributed by atoms with van der Waals surface area (Å²) in [5.74, 6) is -1.03. The van der Waals surface area contributed by atoms with E-state index in [9.17, 15) is 30.0 Å². The van der Waals surface area contributed by atoms with Gasteiger partial charge < -0.3 is 20.4 Å². The average Bonchev–Trinajstić information content (AvgIpc) is 2.79. The topological polar surface area (TPSA) is 115 Å². The van der Waals surface area contributed by atoms with E-state index in [1.807, 2.05) is 79.7 Å². The van der Waals surface area contributed by atoms with E-state index in [0.717, 1.165) is 33.4 Å². The number of benzene rings is 2. The maximum absolute atomic E-state index is 12.0. The van der Waals surface area contributed by atoms with Gasteiger partial charge in [-0.15, -0.1) is 0 Å². The fraction of sp³-hybridized carbons (Fsp3) is 0.562. The van der Waals surface area contributed by atoms with E-state index in [0.29, 0.717) is 37.2 Å². The Labute approximate surface area is 237 Å². The van der Waals surface area contributed by atoms with Crippen LogP contribution in [0.2, 0.25) is 0 Å². The third-order valence-corrected chi connectivity index (χ3v) is 8.27. The molecular formula is C32H46O6S. The predicted octanol–water partition coefficient (Wildman–Crippen LogP) is 7.01. The zero-order chi connectivity index (χ0) is 29.7. The maximum atomic E-state index is 12.0. The zero-order valence-electron chi connectivity index (χ0n) is 24.7. The lowest BCUT2D eigenvalue weighted by molar-refractivity contribution is -0.142. The van der Waals surface area contributed by atoms with Crippen molar-refractivity contribution in [3.63, 3.8) is 0 Å². The smallest absolute Gasteiger partial charge is 0.306 e. The third-order valence-electron chi connectivity index (χ3n) is 7.22. The van der Waals surface area contributed by atoms with Crippen LogP contribution in [0.3, 0.4) is 0 Å². The van der Waals surface area contributed by atoms with E-state index in [2.05, 4.69) is 0 Å². The van der Waals surface area contributed by atoms with Crippen molar-refractivity contribution >= 4 is 23.7 Å². The number of carboxylic acid groups (broad SMARTS) is 2. The highest BCUT2D eigenvalue weighted by molar-refractivity contribution is 7.99. The minimum absolute atomic E-state index is 0.257. The van der Waals surface area contributed by atoms with Gasteiger partial charge in [-0.2, -0.15) is 11.8 Å². The van der Waals surface area contributed by atoms with Gasteiger partial charge in [-0.05, 0) is 95.2 Å². The summed E-state index contributed by atoms with van der Waals surface area (Å²) >= 11 is 1.59. The Bertz CT molecular complexity index is 1080. The summed E-state index contributed by atoms with van der Waals surface area (Å²) in [6.45, 7) is 15.8. The molecule has 7 heteroatoms. The molecule has 0 heterocycles. The molecule has 216 valence electrons. The Balaban J connectivity index is 1.99. The number of phenolic OH excluding ortho intramolecular Hbond substituents is 2. The zero-order valence-corrected chi connectivity index (χ0v) is 25.5. The van der Waals surface area contributed by atoms with Gasteiger partial charge >= 0.3 is 11.9 Å². The molecule has 0 radical (unpaired) electrons. The van der Waals surface area contributed by atoms with Gasteiger partial charge in [0.1, 0.15) is 11.5 Å². The van der Waals surface area contributed by atoms with Crippen molar-refractivity contribution in [2.45, 2.75) is 91.9 Å². The highest BCUT2D eigenvalue weighted by Gasteiger charge is 2.25. The van der Waals surface area contributed by atoms with Gasteiger partial charge in [0.05, 0.1) is 11.8 Å². The molecule has 2 unspecified atom stereocenters. The first-order valence-corrected chi connectivity index (χ1v) is 14.8. The monoisotopic (exact) mass is 558 g/mol. The first-order chi connectivity index (χ1) is 17.9. The molecule has 4 N–H and O–H groups in total. The van der Waals surface area contributed by atoms with E-state index in [4.69, 9.17) is 0 Å². The van der Waals surface area contributed by atoms with Crippen LogP contribution in [0.15, 0.2) is 24.3 Å². The van der Waals surface area contributed by atoms with Gasteiger partial charge in [0.15, 0.2) is 0 Å². The molecule has 0 fully saturated rings. The Morgan fingerprint density at radius 1 is 0.692 bits per heavy atom. The Hall–Kier alpha value is -2.67. The molecule has 2 aromatic carbocycles. The van der Waals surface area contributed by atoms with E-state index in [1.54, 1.807) is 11.8 Å². The van der Waals surface area contributed by atoms with Gasteiger partial charge in [0.25, 0.3) is 0 Å². The normalized spacial score (nSPS) is 13.7. The molecule has 2 rings (SSSR count). The van der Waals surface area contributed by atoms with Gasteiger partial charge in [-0.3, -0.25) is 9.59 Å². The number of rotatable bonds is 12. The van der Waals surface area contributed by atoms with Crippen LogP contribution in [0.5, 0.6) is 11.5 Å². The predicted molar refractivity (Wildman–Crippen MR) is 159 cm³/mol. The van der Waals surface area contributed by atoms with Crippen LogP contribution in [0.4, 0.5) is 0 Å². The molecular weight excluding hydrogens is 512 g/mol. The minimum Gasteiger partial charge on any atom is -0.507 e. The third kappa shape index (κ3) is 9.20. The van der Waals surface area contributed by atoms with Crippen molar-refractivity contribution in [3.8, 4) is 11.5 Å². The Morgan fingerprint density at radius 3 is 1.31 bits per heavy atom. The summed E-state index contributed by atoms with van der Waals surface area (Å²) < 4.78 is 0. The molecule has 6 nitrogen and oxygen atoms in total. The lowest BCUT2D eigenvalue weighted by atomic mass is 9.83. The lowest BCUT2D eigenvalue weighted by Gasteiger charge is -2.23. The van der Waals surface area contributed by atoms with Crippen LogP contribution in [-0.2, 0) is 33.3 Å². The van der Waals surface area contributed by atoms with Gasteiger partial charge in [0, 0.05) is 0 Å². The highest BCUT2D eigenvalue weighted by Crippen LogP contribution is 2.36. The Morgan fingerprint density at radius 2 is 1.03 bits per heavy atom. The average molecular weight is 559 g/mol. The molecule has 0 aliphatic carbocycles. The maximum Gasteiger partial charge on any atom is 0.306 e. The molecule has 0 saturated heterocycles. The fourth-order valence-corrected chi connectivity index (χ4v) is 5.94. The van der Waals surface area contributed by atoms with Crippen LogP contribution < -0.4 is 0 Å². The molecule has 0 amide bonds. The van der Waals surface area contributed by atoms with Crippen LogP contribution >= 0.6 is 11.8 Å². The van der Waals surface area contributed by atoms with Crippen molar-refractivity contribution in [1.29, 1.82) is 0 Å². The van der Waals surface area contributed by atoms with Crippen LogP contribution in [-0.4, -0.2) is 43.9 Å². The second kappa shape index (κ2) is 13.1. The molecule has 0 aromatic heterocycles. The number of hydrogen-bond acceptors (Lipinski definition) is 5. The number of hydrogen-bond donors (Lipinski definition) is 4. The molecule has 0 saturated carbocycles. The molecule has 39 heavy (non-hydrogen) atoms. The first kappa shape index (κ1) is 32.5. The van der Waals surface area contributed by atoms with Crippen molar-refractivity contribution in [2.24, 2.45) is 11.8 Å². The summed E-state index contributed by atoms with van der Waals surface area (Å²) in [6.07, 6.45) is 1.73. The van der Waals surface area contributed by atoms with Crippen LogP contribution in [0.25, 0.3) is 0 Å². The molecule has 0 bridgehead atoms. The van der Waals surface area contributed by atoms with Crippen LogP contribution in [0.1, 0.15) is 87.8 Å². The van der Waals surface area contributed by atoms with Crippen molar-refractivity contribution < 1.29 is 30.0 Å². The quantitative estimate of drug-likeness (QED) is 0.207. The van der Waals surface area contributed by atoms with E-state index in [1.165, 1.54) is 0 Å².